The number of nitro benzene ring substituents is 1. The number of non-ortho nitro benzene ring substituents is 1. The molecule has 1 amide bonds. The first kappa shape index (κ1) is 18.5. The number of rotatable bonds is 6. The van der Waals surface area contributed by atoms with Gasteiger partial charge >= 0.3 is 0 Å². The molecule has 2 aromatic carbocycles. The van der Waals surface area contributed by atoms with Gasteiger partial charge in [0.05, 0.1) is 16.4 Å². The number of hydrogen-bond acceptors (Lipinski definition) is 4. The Morgan fingerprint density at radius 3 is 2.67 bits per heavy atom. The van der Waals surface area contributed by atoms with Crippen molar-refractivity contribution in [1.29, 1.82) is 0 Å². The Bertz CT molecular complexity index is 780. The molecule has 0 aliphatic heterocycles. The molecule has 5 nitrogen and oxygen atoms in total. The number of thioether (sulfide) groups is 1. The molecule has 2 aromatic rings. The largest absolute Gasteiger partial charge is 0.324 e. The zero-order valence-electron chi connectivity index (χ0n) is 13.3. The molecule has 0 aliphatic rings. The summed E-state index contributed by atoms with van der Waals surface area (Å²) >= 11 is 4.78. The molecule has 7 heteroatoms. The van der Waals surface area contributed by atoms with Crippen LogP contribution in [0.1, 0.15) is 16.7 Å². The highest BCUT2D eigenvalue weighted by molar-refractivity contribution is 9.10. The van der Waals surface area contributed by atoms with Crippen molar-refractivity contribution < 1.29 is 9.72 Å². The number of amides is 1. The maximum Gasteiger partial charge on any atom is 0.270 e. The van der Waals surface area contributed by atoms with Gasteiger partial charge in [0.1, 0.15) is 0 Å². The van der Waals surface area contributed by atoms with Crippen LogP contribution in [-0.4, -0.2) is 16.6 Å². The van der Waals surface area contributed by atoms with Crippen molar-refractivity contribution >= 4 is 45.0 Å². The van der Waals surface area contributed by atoms with Crippen LogP contribution < -0.4 is 5.32 Å². The van der Waals surface area contributed by atoms with Gasteiger partial charge < -0.3 is 5.32 Å². The summed E-state index contributed by atoms with van der Waals surface area (Å²) in [4.78, 5) is 22.3. The standard InChI is InChI=1S/C17H17BrN2O3S/c1-11-3-4-12(2)13(7-11)9-24-10-17(21)19-16-6-5-14(20(22)23)8-15(16)18/h3-8H,9-10H2,1-2H3,(H,19,21). The number of nitrogens with one attached hydrogen (secondary N) is 1. The van der Waals surface area contributed by atoms with Crippen LogP contribution in [-0.2, 0) is 10.5 Å². The van der Waals surface area contributed by atoms with E-state index in [1.54, 1.807) is 0 Å². The fourth-order valence-corrected chi connectivity index (χ4v) is 3.47. The van der Waals surface area contributed by atoms with Gasteiger partial charge in [0.15, 0.2) is 0 Å². The molecule has 0 bridgehead atoms. The number of carbonyl (C=O) groups excluding carboxylic acids is 1. The SMILES string of the molecule is Cc1ccc(C)c(CSCC(=O)Nc2ccc([N+](=O)[O-])cc2Br)c1. The number of benzene rings is 2. The Kier molecular flexibility index (Phi) is 6.39. The second kappa shape index (κ2) is 8.30. The van der Waals surface area contributed by atoms with E-state index in [-0.39, 0.29) is 11.6 Å². The smallest absolute Gasteiger partial charge is 0.270 e. The van der Waals surface area contributed by atoms with E-state index in [1.165, 1.54) is 46.7 Å². The van der Waals surface area contributed by atoms with E-state index < -0.39 is 4.92 Å². The summed E-state index contributed by atoms with van der Waals surface area (Å²) in [5.74, 6) is 0.943. The molecule has 0 atom stereocenters. The summed E-state index contributed by atoms with van der Waals surface area (Å²) in [5, 5.41) is 13.5. The number of nitrogens with zero attached hydrogens (tertiary/aromatic N) is 1. The molecule has 0 aromatic heterocycles. The highest BCUT2D eigenvalue weighted by atomic mass is 79.9. The zero-order valence-corrected chi connectivity index (χ0v) is 15.7. The second-order valence-electron chi connectivity index (χ2n) is 5.39. The quantitative estimate of drug-likeness (QED) is 0.547. The summed E-state index contributed by atoms with van der Waals surface area (Å²) in [6, 6.07) is 10.5. The molecule has 126 valence electrons. The van der Waals surface area contributed by atoms with Crippen molar-refractivity contribution in [2.24, 2.45) is 0 Å². The summed E-state index contributed by atoms with van der Waals surface area (Å²) in [6.45, 7) is 4.11. The van der Waals surface area contributed by atoms with Gasteiger partial charge in [-0.25, -0.2) is 0 Å². The number of anilines is 1. The molecule has 2 rings (SSSR count). The lowest BCUT2D eigenvalue weighted by atomic mass is 10.1. The average Bonchev–Trinajstić information content (AvgIpc) is 2.52. The van der Waals surface area contributed by atoms with Gasteiger partial charge in [-0.3, -0.25) is 14.9 Å². The predicted octanol–water partition coefficient (Wildman–Crippen LogP) is 4.85. The van der Waals surface area contributed by atoms with Gasteiger partial charge in [0.25, 0.3) is 5.69 Å². The molecule has 0 saturated carbocycles. The first-order valence-electron chi connectivity index (χ1n) is 7.24. The fourth-order valence-electron chi connectivity index (χ4n) is 2.11. The van der Waals surface area contributed by atoms with Crippen molar-refractivity contribution in [3.8, 4) is 0 Å². The van der Waals surface area contributed by atoms with Crippen molar-refractivity contribution in [3.63, 3.8) is 0 Å². The van der Waals surface area contributed by atoms with Gasteiger partial charge in [-0.05, 0) is 47.0 Å². The molecule has 1 N–H and O–H groups in total. The highest BCUT2D eigenvalue weighted by Gasteiger charge is 2.11. The Hall–Kier alpha value is -1.86. The number of nitro groups is 1. The molecule has 0 unspecified atom stereocenters. The van der Waals surface area contributed by atoms with Gasteiger partial charge in [-0.2, -0.15) is 0 Å². The van der Waals surface area contributed by atoms with Crippen LogP contribution in [0.3, 0.4) is 0 Å². The molecule has 0 heterocycles. The summed E-state index contributed by atoms with van der Waals surface area (Å²) < 4.78 is 0.490. The lowest BCUT2D eigenvalue weighted by molar-refractivity contribution is -0.384. The van der Waals surface area contributed by atoms with E-state index in [4.69, 9.17) is 0 Å². The first-order chi connectivity index (χ1) is 11.4. The summed E-state index contributed by atoms with van der Waals surface area (Å²) in [5.41, 5.74) is 4.15. The van der Waals surface area contributed by atoms with E-state index in [9.17, 15) is 14.9 Å². The van der Waals surface area contributed by atoms with Crippen LogP contribution >= 0.6 is 27.7 Å². The lowest BCUT2D eigenvalue weighted by Gasteiger charge is -2.09. The molecular weight excluding hydrogens is 392 g/mol. The van der Waals surface area contributed by atoms with Crippen molar-refractivity contribution in [2.75, 3.05) is 11.1 Å². The molecular formula is C17H17BrN2O3S. The van der Waals surface area contributed by atoms with E-state index in [1.807, 2.05) is 6.92 Å². The number of halogens is 1. The molecule has 0 radical (unpaired) electrons. The molecule has 0 spiro atoms. The third-order valence-electron chi connectivity index (χ3n) is 3.43. The molecule has 0 aliphatic carbocycles. The van der Waals surface area contributed by atoms with Crippen LogP contribution in [0.25, 0.3) is 0 Å². The second-order valence-corrected chi connectivity index (χ2v) is 7.23. The fraction of sp³-hybridized carbons (Fsp3) is 0.235. The Morgan fingerprint density at radius 1 is 1.25 bits per heavy atom. The first-order valence-corrected chi connectivity index (χ1v) is 9.19. The minimum atomic E-state index is -0.476. The van der Waals surface area contributed by atoms with Gasteiger partial charge in [0.2, 0.25) is 5.91 Å². The van der Waals surface area contributed by atoms with Crippen molar-refractivity contribution in [2.45, 2.75) is 19.6 Å². The number of hydrogen-bond donors (Lipinski definition) is 1. The van der Waals surface area contributed by atoms with Gasteiger partial charge in [-0.15, -0.1) is 11.8 Å². The Balaban J connectivity index is 1.89. The van der Waals surface area contributed by atoms with E-state index >= 15 is 0 Å². The number of aryl methyl sites for hydroxylation is 2. The van der Waals surface area contributed by atoms with E-state index in [0.29, 0.717) is 15.9 Å². The molecule has 0 fully saturated rings. The van der Waals surface area contributed by atoms with Crippen molar-refractivity contribution in [1.82, 2.24) is 0 Å². The maximum atomic E-state index is 12.0. The normalized spacial score (nSPS) is 10.5. The third kappa shape index (κ3) is 5.07. The van der Waals surface area contributed by atoms with Crippen LogP contribution in [0.4, 0.5) is 11.4 Å². The minimum Gasteiger partial charge on any atom is -0.324 e. The summed E-state index contributed by atoms with van der Waals surface area (Å²) in [7, 11) is 0. The molecule has 24 heavy (non-hydrogen) atoms. The van der Waals surface area contributed by atoms with Crippen LogP contribution in [0.15, 0.2) is 40.9 Å². The lowest BCUT2D eigenvalue weighted by Crippen LogP contribution is -2.14. The predicted molar refractivity (Wildman–Crippen MR) is 102 cm³/mol. The van der Waals surface area contributed by atoms with Gasteiger partial charge in [0, 0.05) is 22.4 Å². The topological polar surface area (TPSA) is 72.2 Å². The summed E-state index contributed by atoms with van der Waals surface area (Å²) in [6.07, 6.45) is 0. The Morgan fingerprint density at radius 2 is 2.00 bits per heavy atom. The van der Waals surface area contributed by atoms with E-state index in [0.717, 1.165) is 5.75 Å². The highest BCUT2D eigenvalue weighted by Crippen LogP contribution is 2.27. The number of carbonyl (C=O) groups is 1. The average molecular weight is 409 g/mol. The zero-order chi connectivity index (χ0) is 17.7. The van der Waals surface area contributed by atoms with Gasteiger partial charge in [-0.1, -0.05) is 23.8 Å². The monoisotopic (exact) mass is 408 g/mol. The Labute approximate surface area is 153 Å². The maximum absolute atomic E-state index is 12.0. The third-order valence-corrected chi connectivity index (χ3v) is 5.07. The molecule has 0 saturated heterocycles. The van der Waals surface area contributed by atoms with Crippen LogP contribution in [0, 0.1) is 24.0 Å². The van der Waals surface area contributed by atoms with Crippen LogP contribution in [0.2, 0.25) is 0 Å². The van der Waals surface area contributed by atoms with Crippen molar-refractivity contribution in [3.05, 3.63) is 67.7 Å². The van der Waals surface area contributed by atoms with Crippen LogP contribution in [0.5, 0.6) is 0 Å². The minimum absolute atomic E-state index is 0.0239. The van der Waals surface area contributed by atoms with E-state index in [2.05, 4.69) is 46.4 Å².